The van der Waals surface area contributed by atoms with E-state index in [2.05, 4.69) is 5.32 Å². The van der Waals surface area contributed by atoms with Gasteiger partial charge in [0, 0.05) is 5.69 Å². The lowest BCUT2D eigenvalue weighted by Crippen LogP contribution is -2.35. The molecule has 2 amide bonds. The van der Waals surface area contributed by atoms with Crippen LogP contribution in [0.5, 0.6) is 5.75 Å². The molecule has 0 unspecified atom stereocenters. The Labute approximate surface area is 147 Å². The number of carbonyl (C=O) groups is 2. The van der Waals surface area contributed by atoms with E-state index in [0.29, 0.717) is 12.3 Å². The van der Waals surface area contributed by atoms with Crippen molar-refractivity contribution in [1.29, 1.82) is 0 Å². The summed E-state index contributed by atoms with van der Waals surface area (Å²) >= 11 is 0. The molecule has 1 aliphatic heterocycles. The molecule has 1 atom stereocenters. The number of anilines is 2. The Hall–Kier alpha value is -2.82. The number of carbonyl (C=O) groups excluding carboxylic acids is 2. The van der Waals surface area contributed by atoms with Crippen molar-refractivity contribution < 1.29 is 14.3 Å². The summed E-state index contributed by atoms with van der Waals surface area (Å²) in [6, 6.07) is 12.6. The van der Waals surface area contributed by atoms with Crippen LogP contribution in [0.1, 0.15) is 24.5 Å². The van der Waals surface area contributed by atoms with Crippen LogP contribution in [0.2, 0.25) is 0 Å². The number of nitrogens with zero attached hydrogens (tertiary/aromatic N) is 1. The minimum absolute atomic E-state index is 0.153. The van der Waals surface area contributed by atoms with E-state index in [9.17, 15) is 9.59 Å². The molecule has 0 bridgehead atoms. The van der Waals surface area contributed by atoms with Crippen LogP contribution in [-0.2, 0) is 9.59 Å². The fourth-order valence-corrected chi connectivity index (χ4v) is 3.15. The molecule has 2 aromatic rings. The van der Waals surface area contributed by atoms with E-state index >= 15 is 0 Å². The van der Waals surface area contributed by atoms with Gasteiger partial charge in [0.1, 0.15) is 11.8 Å². The standard InChI is InChI=1S/C20H22N2O3/c1-4-25-16-10-8-15(9-11-16)21-17-12-18(23)22(20(17)24)19-13(2)6-5-7-14(19)3/h5-11,17,21H,4,12H2,1-3H3/t17-/m1/s1. The van der Waals surface area contributed by atoms with Crippen molar-refractivity contribution in [2.45, 2.75) is 33.2 Å². The first-order valence-corrected chi connectivity index (χ1v) is 8.43. The zero-order valence-corrected chi connectivity index (χ0v) is 14.7. The normalized spacial score (nSPS) is 17.1. The molecule has 1 N–H and O–H groups in total. The number of aryl methyl sites for hydroxylation is 2. The Kier molecular flexibility index (Phi) is 4.74. The van der Waals surface area contributed by atoms with Crippen LogP contribution in [0, 0.1) is 13.8 Å². The quantitative estimate of drug-likeness (QED) is 0.849. The second kappa shape index (κ2) is 6.97. The van der Waals surface area contributed by atoms with Crippen molar-refractivity contribution in [1.82, 2.24) is 0 Å². The zero-order chi connectivity index (χ0) is 18.0. The fourth-order valence-electron chi connectivity index (χ4n) is 3.15. The first-order valence-electron chi connectivity index (χ1n) is 8.43. The summed E-state index contributed by atoms with van der Waals surface area (Å²) in [5.41, 5.74) is 3.33. The van der Waals surface area contributed by atoms with Gasteiger partial charge in [0.25, 0.3) is 5.91 Å². The van der Waals surface area contributed by atoms with Gasteiger partial charge in [0.2, 0.25) is 5.91 Å². The van der Waals surface area contributed by atoms with Crippen LogP contribution >= 0.6 is 0 Å². The van der Waals surface area contributed by atoms with Gasteiger partial charge in [-0.1, -0.05) is 18.2 Å². The smallest absolute Gasteiger partial charge is 0.256 e. The number of imide groups is 1. The SMILES string of the molecule is CCOc1ccc(N[C@@H]2CC(=O)N(c3c(C)cccc3C)C2=O)cc1. The third-order valence-corrected chi connectivity index (χ3v) is 4.32. The minimum Gasteiger partial charge on any atom is -0.494 e. The first kappa shape index (κ1) is 17.0. The molecule has 1 fully saturated rings. The highest BCUT2D eigenvalue weighted by Crippen LogP contribution is 2.30. The lowest BCUT2D eigenvalue weighted by molar-refractivity contribution is -0.121. The highest BCUT2D eigenvalue weighted by Gasteiger charge is 2.40. The van der Waals surface area contributed by atoms with E-state index in [1.165, 1.54) is 4.90 Å². The Morgan fingerprint density at radius 1 is 1.08 bits per heavy atom. The summed E-state index contributed by atoms with van der Waals surface area (Å²) in [6.07, 6.45) is 0.153. The van der Waals surface area contributed by atoms with Gasteiger partial charge in [-0.05, 0) is 56.2 Å². The van der Waals surface area contributed by atoms with Crippen LogP contribution in [0.4, 0.5) is 11.4 Å². The van der Waals surface area contributed by atoms with Crippen molar-refractivity contribution in [2.75, 3.05) is 16.8 Å². The van der Waals surface area contributed by atoms with Crippen molar-refractivity contribution in [3.63, 3.8) is 0 Å². The van der Waals surface area contributed by atoms with E-state index in [4.69, 9.17) is 4.74 Å². The number of benzene rings is 2. The number of ether oxygens (including phenoxy) is 1. The maximum atomic E-state index is 12.8. The van der Waals surface area contributed by atoms with Crippen LogP contribution in [0.3, 0.4) is 0 Å². The number of para-hydroxylation sites is 1. The molecular weight excluding hydrogens is 316 g/mol. The number of amides is 2. The van der Waals surface area contributed by atoms with Gasteiger partial charge in [-0.15, -0.1) is 0 Å². The van der Waals surface area contributed by atoms with Gasteiger partial charge in [-0.2, -0.15) is 0 Å². The average Bonchev–Trinajstić information content (AvgIpc) is 2.84. The van der Waals surface area contributed by atoms with Gasteiger partial charge < -0.3 is 10.1 Å². The Morgan fingerprint density at radius 2 is 1.72 bits per heavy atom. The van der Waals surface area contributed by atoms with E-state index in [1.54, 1.807) is 0 Å². The molecular formula is C20H22N2O3. The lowest BCUT2D eigenvalue weighted by atomic mass is 10.1. The zero-order valence-electron chi connectivity index (χ0n) is 14.7. The molecule has 0 spiro atoms. The van der Waals surface area contributed by atoms with E-state index in [-0.39, 0.29) is 18.2 Å². The molecule has 1 saturated heterocycles. The van der Waals surface area contributed by atoms with Crippen LogP contribution in [-0.4, -0.2) is 24.5 Å². The average molecular weight is 338 g/mol. The fraction of sp³-hybridized carbons (Fsp3) is 0.300. The summed E-state index contributed by atoms with van der Waals surface area (Å²) in [4.78, 5) is 26.6. The summed E-state index contributed by atoms with van der Waals surface area (Å²) in [6.45, 7) is 6.36. The highest BCUT2D eigenvalue weighted by atomic mass is 16.5. The van der Waals surface area contributed by atoms with Gasteiger partial charge in [-0.25, -0.2) is 4.90 Å². The molecule has 5 heteroatoms. The molecule has 0 aromatic heterocycles. The summed E-state index contributed by atoms with van der Waals surface area (Å²) in [5.74, 6) is 0.390. The molecule has 0 radical (unpaired) electrons. The Balaban J connectivity index is 1.79. The van der Waals surface area contributed by atoms with Gasteiger partial charge >= 0.3 is 0 Å². The third kappa shape index (κ3) is 3.36. The van der Waals surface area contributed by atoms with E-state index in [0.717, 1.165) is 22.6 Å². The third-order valence-electron chi connectivity index (χ3n) is 4.32. The number of hydrogen-bond donors (Lipinski definition) is 1. The molecule has 1 aliphatic rings. The van der Waals surface area contributed by atoms with Crippen molar-refractivity contribution in [3.05, 3.63) is 53.6 Å². The number of hydrogen-bond acceptors (Lipinski definition) is 4. The van der Waals surface area contributed by atoms with E-state index in [1.807, 2.05) is 63.2 Å². The van der Waals surface area contributed by atoms with Gasteiger partial charge in [0.15, 0.2) is 0 Å². The van der Waals surface area contributed by atoms with Crippen LogP contribution in [0.15, 0.2) is 42.5 Å². The summed E-state index contributed by atoms with van der Waals surface area (Å²) in [5, 5.41) is 3.16. The second-order valence-electron chi connectivity index (χ2n) is 6.17. The predicted octanol–water partition coefficient (Wildman–Crippen LogP) is 3.45. The number of nitrogens with one attached hydrogen (secondary N) is 1. The molecule has 3 rings (SSSR count). The molecule has 5 nitrogen and oxygen atoms in total. The van der Waals surface area contributed by atoms with Crippen LogP contribution in [0.25, 0.3) is 0 Å². The van der Waals surface area contributed by atoms with Crippen molar-refractivity contribution in [2.24, 2.45) is 0 Å². The number of rotatable bonds is 5. The Bertz CT molecular complexity index is 779. The molecule has 0 saturated carbocycles. The first-order chi connectivity index (χ1) is 12.0. The van der Waals surface area contributed by atoms with Gasteiger partial charge in [0.05, 0.1) is 18.7 Å². The monoisotopic (exact) mass is 338 g/mol. The molecule has 0 aliphatic carbocycles. The van der Waals surface area contributed by atoms with Gasteiger partial charge in [-0.3, -0.25) is 9.59 Å². The molecule has 1 heterocycles. The minimum atomic E-state index is -0.551. The van der Waals surface area contributed by atoms with Crippen LogP contribution < -0.4 is 15.0 Å². The maximum Gasteiger partial charge on any atom is 0.256 e. The summed E-state index contributed by atoms with van der Waals surface area (Å²) in [7, 11) is 0. The second-order valence-corrected chi connectivity index (χ2v) is 6.17. The molecule has 130 valence electrons. The lowest BCUT2D eigenvalue weighted by Gasteiger charge is -2.20. The predicted molar refractivity (Wildman–Crippen MR) is 98.0 cm³/mol. The topological polar surface area (TPSA) is 58.6 Å². The maximum absolute atomic E-state index is 12.8. The molecule has 25 heavy (non-hydrogen) atoms. The van der Waals surface area contributed by atoms with E-state index < -0.39 is 6.04 Å². The highest BCUT2D eigenvalue weighted by molar-refractivity contribution is 6.23. The molecule has 2 aromatic carbocycles. The largest absolute Gasteiger partial charge is 0.494 e. The Morgan fingerprint density at radius 3 is 2.32 bits per heavy atom. The van der Waals surface area contributed by atoms with Crippen molar-refractivity contribution >= 4 is 23.2 Å². The van der Waals surface area contributed by atoms with Crippen molar-refractivity contribution in [3.8, 4) is 5.75 Å². The summed E-state index contributed by atoms with van der Waals surface area (Å²) < 4.78 is 5.41.